The Balaban J connectivity index is 2.10. The summed E-state index contributed by atoms with van der Waals surface area (Å²) in [4.78, 5) is 25.1. The van der Waals surface area contributed by atoms with Crippen molar-refractivity contribution in [1.29, 1.82) is 0 Å². The summed E-state index contributed by atoms with van der Waals surface area (Å²) in [6, 6.07) is 19.7. The van der Waals surface area contributed by atoms with Crippen LogP contribution in [0.2, 0.25) is 0 Å². The average molecular weight is 362 g/mol. The molecular weight excluding hydrogens is 340 g/mol. The first-order valence-corrected chi connectivity index (χ1v) is 8.77. The summed E-state index contributed by atoms with van der Waals surface area (Å²) in [7, 11) is 2.60. The second-order valence-electron chi connectivity index (χ2n) is 6.58. The van der Waals surface area contributed by atoms with Crippen molar-refractivity contribution in [2.75, 3.05) is 14.2 Å². The molecule has 27 heavy (non-hydrogen) atoms. The van der Waals surface area contributed by atoms with Crippen molar-refractivity contribution in [1.82, 2.24) is 0 Å². The molecule has 0 heterocycles. The predicted octanol–water partition coefficient (Wildman–Crippen LogP) is 4.28. The Bertz CT molecular complexity index is 804. The summed E-state index contributed by atoms with van der Waals surface area (Å²) < 4.78 is 9.93. The number of ether oxygens (including phenoxy) is 2. The van der Waals surface area contributed by atoms with Crippen LogP contribution in [-0.2, 0) is 19.1 Å². The van der Waals surface area contributed by atoms with E-state index in [1.54, 1.807) is 0 Å². The minimum atomic E-state index is -1.34. The van der Waals surface area contributed by atoms with Gasteiger partial charge in [0.2, 0.25) is 0 Å². The number of rotatable bonds is 4. The third-order valence-electron chi connectivity index (χ3n) is 4.83. The van der Waals surface area contributed by atoms with Gasteiger partial charge in [0.25, 0.3) is 0 Å². The van der Waals surface area contributed by atoms with Crippen LogP contribution < -0.4 is 0 Å². The zero-order valence-corrected chi connectivity index (χ0v) is 15.5. The Hall–Kier alpha value is -3.14. The van der Waals surface area contributed by atoms with E-state index in [-0.39, 0.29) is 12.8 Å². The number of carbonyl (C=O) groups excluding carboxylic acids is 2. The number of hydrogen-bond donors (Lipinski definition) is 0. The first kappa shape index (κ1) is 18.6. The van der Waals surface area contributed by atoms with E-state index in [4.69, 9.17) is 9.47 Å². The Morgan fingerprint density at radius 3 is 1.44 bits per heavy atom. The highest BCUT2D eigenvalue weighted by Gasteiger charge is 2.53. The summed E-state index contributed by atoms with van der Waals surface area (Å²) in [5.74, 6) is -1.13. The molecule has 1 aliphatic rings. The maximum Gasteiger partial charge on any atom is 0.323 e. The highest BCUT2D eigenvalue weighted by atomic mass is 16.5. The molecule has 2 aromatic rings. The van der Waals surface area contributed by atoms with Gasteiger partial charge in [-0.15, -0.1) is 0 Å². The lowest BCUT2D eigenvalue weighted by Crippen LogP contribution is -2.38. The molecule has 0 amide bonds. The molecule has 3 rings (SSSR count). The van der Waals surface area contributed by atoms with Crippen LogP contribution in [0, 0.1) is 5.41 Å². The van der Waals surface area contributed by atoms with Gasteiger partial charge in [-0.05, 0) is 35.1 Å². The summed E-state index contributed by atoms with van der Waals surface area (Å²) in [5.41, 5.74) is 2.54. The fourth-order valence-corrected chi connectivity index (χ4v) is 3.49. The minimum Gasteiger partial charge on any atom is -0.468 e. The Labute approximate surface area is 159 Å². The van der Waals surface area contributed by atoms with Crippen molar-refractivity contribution < 1.29 is 19.1 Å². The lowest BCUT2D eigenvalue weighted by atomic mass is 9.85. The van der Waals surface area contributed by atoms with Crippen LogP contribution in [0.5, 0.6) is 0 Å². The maximum absolute atomic E-state index is 12.6. The third-order valence-corrected chi connectivity index (χ3v) is 4.83. The number of benzene rings is 2. The van der Waals surface area contributed by atoms with Crippen LogP contribution in [-0.4, -0.2) is 26.2 Å². The molecule has 0 radical (unpaired) electrons. The largest absolute Gasteiger partial charge is 0.468 e. The molecule has 0 saturated heterocycles. The molecule has 1 saturated carbocycles. The predicted molar refractivity (Wildman–Crippen MR) is 105 cm³/mol. The number of methoxy groups -OCH3 is 2. The lowest BCUT2D eigenvalue weighted by molar-refractivity contribution is -0.168. The molecule has 0 bridgehead atoms. The van der Waals surface area contributed by atoms with Gasteiger partial charge in [0, 0.05) is 0 Å². The summed E-state index contributed by atoms with van der Waals surface area (Å²) in [5, 5.41) is 0. The van der Waals surface area contributed by atoms with E-state index < -0.39 is 17.4 Å². The molecule has 2 aromatic carbocycles. The van der Waals surface area contributed by atoms with Gasteiger partial charge in [-0.1, -0.05) is 72.8 Å². The summed E-state index contributed by atoms with van der Waals surface area (Å²) in [6.45, 7) is 0. The molecule has 0 atom stereocenters. The zero-order valence-electron chi connectivity index (χ0n) is 15.5. The second kappa shape index (κ2) is 8.04. The van der Waals surface area contributed by atoms with E-state index in [0.29, 0.717) is 0 Å². The van der Waals surface area contributed by atoms with Crippen LogP contribution >= 0.6 is 0 Å². The molecule has 138 valence electrons. The number of hydrogen-bond acceptors (Lipinski definition) is 4. The SMILES string of the molecule is COC(=O)C1(C(=O)OC)CC(=C\c2ccccc2)/C(=C/c2ccccc2)C1. The molecule has 1 aliphatic carbocycles. The van der Waals surface area contributed by atoms with Crippen LogP contribution in [0.3, 0.4) is 0 Å². The molecule has 1 fully saturated rings. The molecule has 4 heteroatoms. The van der Waals surface area contributed by atoms with Gasteiger partial charge in [0.05, 0.1) is 14.2 Å². The van der Waals surface area contributed by atoms with Gasteiger partial charge in [-0.2, -0.15) is 0 Å². The normalized spacial score (nSPS) is 18.4. The Morgan fingerprint density at radius 1 is 0.741 bits per heavy atom. The van der Waals surface area contributed by atoms with Crippen molar-refractivity contribution in [3.8, 4) is 0 Å². The zero-order chi connectivity index (χ0) is 19.3. The van der Waals surface area contributed by atoms with Crippen molar-refractivity contribution in [3.05, 3.63) is 82.9 Å². The molecule has 0 aromatic heterocycles. The van der Waals surface area contributed by atoms with E-state index in [1.165, 1.54) is 14.2 Å². The van der Waals surface area contributed by atoms with Crippen molar-refractivity contribution in [2.24, 2.45) is 5.41 Å². The smallest absolute Gasteiger partial charge is 0.323 e. The number of esters is 2. The van der Waals surface area contributed by atoms with Crippen molar-refractivity contribution in [2.45, 2.75) is 12.8 Å². The quantitative estimate of drug-likeness (QED) is 0.602. The summed E-state index contributed by atoms with van der Waals surface area (Å²) in [6.07, 6.45) is 4.53. The van der Waals surface area contributed by atoms with Crippen molar-refractivity contribution >= 4 is 24.1 Å². The van der Waals surface area contributed by atoms with Gasteiger partial charge in [0.1, 0.15) is 0 Å². The van der Waals surface area contributed by atoms with Gasteiger partial charge < -0.3 is 9.47 Å². The van der Waals surface area contributed by atoms with Gasteiger partial charge in [-0.3, -0.25) is 9.59 Å². The topological polar surface area (TPSA) is 52.6 Å². The minimum absolute atomic E-state index is 0.250. The molecule has 0 unspecified atom stereocenters. The Kier molecular flexibility index (Phi) is 5.55. The standard InChI is InChI=1S/C23H22O4/c1-26-21(24)23(22(25)27-2)15-19(13-17-9-5-3-6-10-17)20(16-23)14-18-11-7-4-8-12-18/h3-14H,15-16H2,1-2H3/b19-13+,20-14+. The average Bonchev–Trinajstić information content (AvgIpc) is 3.07. The second-order valence-corrected chi connectivity index (χ2v) is 6.58. The van der Waals surface area contributed by atoms with E-state index in [1.807, 2.05) is 72.8 Å². The highest BCUT2D eigenvalue weighted by molar-refractivity contribution is 6.02. The first-order chi connectivity index (χ1) is 13.1. The van der Waals surface area contributed by atoms with Gasteiger partial charge >= 0.3 is 11.9 Å². The van der Waals surface area contributed by atoms with Crippen LogP contribution in [0.1, 0.15) is 24.0 Å². The third kappa shape index (κ3) is 3.85. The monoisotopic (exact) mass is 362 g/mol. The molecule has 0 spiro atoms. The fraction of sp³-hybridized carbons (Fsp3) is 0.217. The Morgan fingerprint density at radius 2 is 1.11 bits per heavy atom. The van der Waals surface area contributed by atoms with E-state index >= 15 is 0 Å². The molecule has 0 N–H and O–H groups in total. The van der Waals surface area contributed by atoms with Gasteiger partial charge in [-0.25, -0.2) is 0 Å². The first-order valence-electron chi connectivity index (χ1n) is 8.77. The molecule has 4 nitrogen and oxygen atoms in total. The van der Waals surface area contributed by atoms with Crippen molar-refractivity contribution in [3.63, 3.8) is 0 Å². The van der Waals surface area contributed by atoms with E-state index in [2.05, 4.69) is 0 Å². The lowest BCUT2D eigenvalue weighted by Gasteiger charge is -2.21. The molecule has 0 aliphatic heterocycles. The summed E-state index contributed by atoms with van der Waals surface area (Å²) >= 11 is 0. The van der Waals surface area contributed by atoms with Gasteiger partial charge in [0.15, 0.2) is 5.41 Å². The highest BCUT2D eigenvalue weighted by Crippen LogP contribution is 2.48. The number of allylic oxidation sites excluding steroid dienone is 2. The number of carbonyl (C=O) groups is 2. The van der Waals surface area contributed by atoms with E-state index in [0.717, 1.165) is 22.3 Å². The molecular formula is C23H22O4. The van der Waals surface area contributed by atoms with Crippen LogP contribution in [0.25, 0.3) is 12.2 Å². The van der Waals surface area contributed by atoms with Crippen LogP contribution in [0.15, 0.2) is 71.8 Å². The van der Waals surface area contributed by atoms with E-state index in [9.17, 15) is 9.59 Å². The maximum atomic E-state index is 12.6. The fourth-order valence-electron chi connectivity index (χ4n) is 3.49. The van der Waals surface area contributed by atoms with Crippen LogP contribution in [0.4, 0.5) is 0 Å².